The molecule has 0 aliphatic carbocycles. The lowest BCUT2D eigenvalue weighted by Gasteiger charge is -2.07. The fraction of sp³-hybridized carbons (Fsp3) is 0.286. The van der Waals surface area contributed by atoms with Crippen molar-refractivity contribution in [1.82, 2.24) is 0 Å². The Morgan fingerprint density at radius 2 is 2.06 bits per heavy atom. The van der Waals surface area contributed by atoms with Crippen molar-refractivity contribution in [2.75, 3.05) is 0 Å². The molecule has 1 rings (SSSR count). The van der Waals surface area contributed by atoms with Gasteiger partial charge in [0.1, 0.15) is 0 Å². The van der Waals surface area contributed by atoms with E-state index >= 15 is 0 Å². The second-order valence-corrected chi connectivity index (χ2v) is 5.26. The third kappa shape index (κ3) is 5.12. The highest BCUT2D eigenvalue weighted by Crippen LogP contribution is 2.22. The number of thiocarbonyl (C=S) groups is 1. The van der Waals surface area contributed by atoms with Gasteiger partial charge >= 0.3 is 0 Å². The predicted molar refractivity (Wildman–Crippen MR) is 79.6 cm³/mol. The van der Waals surface area contributed by atoms with E-state index in [1.54, 1.807) is 12.3 Å². The number of hydrogen-bond donors (Lipinski definition) is 0. The summed E-state index contributed by atoms with van der Waals surface area (Å²) in [5.74, 6) is 6.22. The molecule has 0 radical (unpaired) electrons. The Kier molecular flexibility index (Phi) is 4.86. The Morgan fingerprint density at radius 1 is 1.35 bits per heavy atom. The van der Waals surface area contributed by atoms with E-state index in [2.05, 4.69) is 49.8 Å². The maximum absolute atomic E-state index is 6.12. The third-order valence-corrected chi connectivity index (χ3v) is 2.24. The molecule has 0 saturated heterocycles. The van der Waals surface area contributed by atoms with Crippen LogP contribution in [0.2, 0.25) is 5.02 Å². The van der Waals surface area contributed by atoms with Crippen LogP contribution in [0, 0.1) is 17.3 Å². The maximum atomic E-state index is 6.12. The molecule has 0 aliphatic heterocycles. The summed E-state index contributed by atoms with van der Waals surface area (Å²) in [5.41, 5.74) is 1.57. The van der Waals surface area contributed by atoms with Gasteiger partial charge in [-0.1, -0.05) is 35.7 Å². The van der Waals surface area contributed by atoms with Crippen molar-refractivity contribution in [2.24, 2.45) is 10.4 Å². The lowest BCUT2D eigenvalue weighted by atomic mass is 9.97. The lowest BCUT2D eigenvalue weighted by Crippen LogP contribution is -1.99. The van der Waals surface area contributed by atoms with Crippen molar-refractivity contribution < 1.29 is 0 Å². The molecule has 0 atom stereocenters. The molecule has 1 aromatic rings. The summed E-state index contributed by atoms with van der Waals surface area (Å²) in [6.45, 7) is 6.18. The highest BCUT2D eigenvalue weighted by molar-refractivity contribution is 7.80. The molecule has 0 fully saturated rings. The normalized spacial score (nSPS) is 11.1. The number of aliphatic imine (C=N–C) groups is 1. The number of halogens is 1. The first-order valence-corrected chi connectivity index (χ1v) is 6.08. The smallest absolute Gasteiger partial charge is 0.0645 e. The second kappa shape index (κ2) is 5.95. The molecule has 0 heterocycles. The van der Waals surface area contributed by atoms with Crippen LogP contribution in [0.3, 0.4) is 0 Å². The average molecular weight is 264 g/mol. The van der Waals surface area contributed by atoms with E-state index in [9.17, 15) is 0 Å². The summed E-state index contributed by atoms with van der Waals surface area (Å²) in [6.07, 6.45) is 1.56. The summed E-state index contributed by atoms with van der Waals surface area (Å²) in [7, 11) is 0. The van der Waals surface area contributed by atoms with Gasteiger partial charge in [0.05, 0.1) is 10.7 Å². The zero-order valence-electron chi connectivity index (χ0n) is 10.1. The minimum absolute atomic E-state index is 0.0303. The van der Waals surface area contributed by atoms with Gasteiger partial charge < -0.3 is 0 Å². The summed E-state index contributed by atoms with van der Waals surface area (Å²) in [6, 6.07) is 5.52. The highest BCUT2D eigenvalue weighted by atomic mass is 35.5. The summed E-state index contributed by atoms with van der Waals surface area (Å²) < 4.78 is 0. The first-order chi connectivity index (χ1) is 7.92. The highest BCUT2D eigenvalue weighted by Gasteiger charge is 2.04. The molecule has 0 spiro atoms. The van der Waals surface area contributed by atoms with Crippen LogP contribution < -0.4 is 0 Å². The zero-order valence-corrected chi connectivity index (χ0v) is 11.7. The number of hydrogen-bond acceptors (Lipinski definition) is 2. The zero-order chi connectivity index (χ0) is 12.9. The van der Waals surface area contributed by atoms with Crippen LogP contribution in [0.25, 0.3) is 0 Å². The molecule has 0 saturated carbocycles. The minimum Gasteiger partial charge on any atom is -0.256 e. The van der Waals surface area contributed by atoms with Gasteiger partial charge in [0.25, 0.3) is 0 Å². The van der Waals surface area contributed by atoms with Crippen LogP contribution in [0.1, 0.15) is 26.3 Å². The molecule has 3 heteroatoms. The van der Waals surface area contributed by atoms with Crippen molar-refractivity contribution in [2.45, 2.75) is 20.8 Å². The van der Waals surface area contributed by atoms with Crippen LogP contribution in [0.15, 0.2) is 23.2 Å². The molecule has 17 heavy (non-hydrogen) atoms. The van der Waals surface area contributed by atoms with Crippen LogP contribution in [-0.4, -0.2) is 11.6 Å². The fourth-order valence-electron chi connectivity index (χ4n) is 1.06. The maximum Gasteiger partial charge on any atom is 0.0645 e. The summed E-state index contributed by atoms with van der Waals surface area (Å²) in [4.78, 5) is 4.12. The van der Waals surface area contributed by atoms with Crippen LogP contribution in [0.4, 0.5) is 5.69 Å². The monoisotopic (exact) mass is 263 g/mol. The van der Waals surface area contributed by atoms with Crippen molar-refractivity contribution in [3.8, 4) is 11.8 Å². The lowest BCUT2D eigenvalue weighted by molar-refractivity contribution is 0.571. The Morgan fingerprint density at radius 3 is 2.59 bits per heavy atom. The first kappa shape index (κ1) is 13.9. The van der Waals surface area contributed by atoms with E-state index in [0.29, 0.717) is 5.02 Å². The molecular formula is C14H14ClNS. The molecule has 0 amide bonds. The van der Waals surface area contributed by atoms with E-state index in [1.807, 2.05) is 12.1 Å². The van der Waals surface area contributed by atoms with E-state index < -0.39 is 0 Å². The largest absolute Gasteiger partial charge is 0.256 e. The van der Waals surface area contributed by atoms with Gasteiger partial charge in [0, 0.05) is 22.6 Å². The van der Waals surface area contributed by atoms with Gasteiger partial charge in [-0.05, 0) is 39.0 Å². The van der Waals surface area contributed by atoms with Gasteiger partial charge in [-0.15, -0.1) is 0 Å². The van der Waals surface area contributed by atoms with Gasteiger partial charge in [0.2, 0.25) is 0 Å². The van der Waals surface area contributed by atoms with E-state index in [4.69, 9.17) is 11.6 Å². The molecular weight excluding hydrogens is 250 g/mol. The molecule has 0 bridgehead atoms. The average Bonchev–Trinajstić information content (AvgIpc) is 2.23. The SMILES string of the molecule is CC(C)(C)C#Cc1ccc(N=CC=S)cc1Cl. The van der Waals surface area contributed by atoms with Gasteiger partial charge in [-0.3, -0.25) is 4.99 Å². The Balaban J connectivity index is 3.01. The van der Waals surface area contributed by atoms with Crippen LogP contribution >= 0.6 is 23.8 Å². The van der Waals surface area contributed by atoms with Gasteiger partial charge in [-0.25, -0.2) is 0 Å². The predicted octanol–water partition coefficient (Wildman–Crippen LogP) is 4.44. The van der Waals surface area contributed by atoms with Crippen molar-refractivity contribution in [3.63, 3.8) is 0 Å². The Hall–Kier alpha value is -1.17. The van der Waals surface area contributed by atoms with Crippen molar-refractivity contribution in [1.29, 1.82) is 0 Å². The minimum atomic E-state index is -0.0303. The summed E-state index contributed by atoms with van der Waals surface area (Å²) >= 11 is 10.8. The van der Waals surface area contributed by atoms with Crippen molar-refractivity contribution >= 4 is 41.1 Å². The number of benzene rings is 1. The molecule has 1 nitrogen and oxygen atoms in total. The van der Waals surface area contributed by atoms with Crippen LogP contribution in [0.5, 0.6) is 0 Å². The summed E-state index contributed by atoms with van der Waals surface area (Å²) in [5, 5.41) is 2.07. The van der Waals surface area contributed by atoms with E-state index in [1.165, 1.54) is 5.37 Å². The third-order valence-electron chi connectivity index (χ3n) is 1.81. The second-order valence-electron chi connectivity index (χ2n) is 4.58. The molecule has 0 N–H and O–H groups in total. The number of rotatable bonds is 2. The van der Waals surface area contributed by atoms with Crippen molar-refractivity contribution in [3.05, 3.63) is 28.8 Å². The molecule has 88 valence electrons. The van der Waals surface area contributed by atoms with Gasteiger partial charge in [-0.2, -0.15) is 0 Å². The molecule has 0 aromatic heterocycles. The van der Waals surface area contributed by atoms with E-state index in [0.717, 1.165) is 11.3 Å². The molecule has 1 aromatic carbocycles. The van der Waals surface area contributed by atoms with E-state index in [-0.39, 0.29) is 5.41 Å². The Bertz CT molecular complexity index is 501. The standard InChI is InChI=1S/C14H14ClNS/c1-14(2,3)7-6-11-4-5-12(10-13(11)15)16-8-9-17/h4-5,8-10H,1-3H3. The first-order valence-electron chi connectivity index (χ1n) is 5.23. The number of nitrogens with zero attached hydrogens (tertiary/aromatic N) is 1. The van der Waals surface area contributed by atoms with Crippen LogP contribution in [-0.2, 0) is 0 Å². The quantitative estimate of drug-likeness (QED) is 0.437. The molecule has 0 unspecified atom stereocenters. The van der Waals surface area contributed by atoms with Gasteiger partial charge in [0.15, 0.2) is 0 Å². The fourth-order valence-corrected chi connectivity index (χ4v) is 1.34. The Labute approximate surface area is 113 Å². The molecule has 0 aliphatic rings. The topological polar surface area (TPSA) is 12.4 Å².